The third-order valence-corrected chi connectivity index (χ3v) is 5.18. The Kier molecular flexibility index (Phi) is 5.60. The van der Waals surface area contributed by atoms with Gasteiger partial charge >= 0.3 is 0 Å². The number of rotatable bonds is 7. The first kappa shape index (κ1) is 17.3. The molecule has 0 aliphatic rings. The Bertz CT molecular complexity index is 765. The van der Waals surface area contributed by atoms with Gasteiger partial charge in [0.05, 0.1) is 7.11 Å². The van der Waals surface area contributed by atoms with Crippen molar-refractivity contribution in [2.45, 2.75) is 11.8 Å². The third kappa shape index (κ3) is 3.79. The van der Waals surface area contributed by atoms with Gasteiger partial charge in [-0.15, -0.1) is 0 Å². The molecule has 3 aromatic rings. The lowest BCUT2D eigenvalue weighted by Crippen LogP contribution is -2.38. The first-order valence-corrected chi connectivity index (χ1v) is 8.93. The van der Waals surface area contributed by atoms with Gasteiger partial charge in [-0.25, -0.2) is 0 Å². The maximum atomic E-state index is 12.4. The molecule has 0 spiro atoms. The number of hydrogen-bond donors (Lipinski definition) is 1. The minimum absolute atomic E-state index is 0.00117. The Balaban J connectivity index is 1.95. The van der Waals surface area contributed by atoms with E-state index in [1.807, 2.05) is 84.9 Å². The zero-order chi connectivity index (χ0) is 17.5. The second kappa shape index (κ2) is 8.06. The molecule has 126 valence electrons. The van der Waals surface area contributed by atoms with Crippen LogP contribution in [0.3, 0.4) is 0 Å². The van der Waals surface area contributed by atoms with Gasteiger partial charge in [0, 0.05) is 6.54 Å². The minimum atomic E-state index is -0.789. The van der Waals surface area contributed by atoms with Crippen LogP contribution < -0.4 is 10.1 Å². The molecule has 3 rings (SSSR count). The zero-order valence-corrected chi connectivity index (χ0v) is 14.9. The Morgan fingerprint density at radius 1 is 0.840 bits per heavy atom. The van der Waals surface area contributed by atoms with E-state index in [0.717, 1.165) is 22.4 Å². The van der Waals surface area contributed by atoms with E-state index in [9.17, 15) is 4.57 Å². The van der Waals surface area contributed by atoms with Crippen LogP contribution in [0.1, 0.15) is 16.7 Å². The summed E-state index contributed by atoms with van der Waals surface area (Å²) in [6, 6.07) is 27.7. The van der Waals surface area contributed by atoms with Crippen LogP contribution in [0, 0.1) is 0 Å². The molecule has 0 heterocycles. The van der Waals surface area contributed by atoms with Crippen molar-refractivity contribution >= 4 is 8.46 Å². The molecule has 0 aromatic heterocycles. The van der Waals surface area contributed by atoms with E-state index in [4.69, 9.17) is 4.74 Å². The molecule has 0 atom stereocenters. The quantitative estimate of drug-likeness (QED) is 0.612. The fourth-order valence-electron chi connectivity index (χ4n) is 2.84. The summed E-state index contributed by atoms with van der Waals surface area (Å²) in [5.74, 6) is 0.822. The molecule has 0 saturated heterocycles. The van der Waals surface area contributed by atoms with Crippen LogP contribution >= 0.6 is 8.46 Å². The van der Waals surface area contributed by atoms with E-state index in [1.165, 1.54) is 0 Å². The molecule has 25 heavy (non-hydrogen) atoms. The molecular formula is C21H20NO2P. The standard InChI is InChI=1S/C21H20NO2P/c1-24-20-14-12-17(13-15-20)16-22-21(25-23,18-8-4-2-5-9-18)19-10-6-3-7-11-19/h2-15,22H,16H2,1H3. The van der Waals surface area contributed by atoms with Crippen LogP contribution in [0.25, 0.3) is 0 Å². The smallest absolute Gasteiger partial charge is 0.187 e. The molecule has 0 saturated carbocycles. The van der Waals surface area contributed by atoms with E-state index in [0.29, 0.717) is 6.54 Å². The van der Waals surface area contributed by atoms with Gasteiger partial charge in [-0.2, -0.15) is 0 Å². The summed E-state index contributed by atoms with van der Waals surface area (Å²) >= 11 is 0. The first-order valence-electron chi connectivity index (χ1n) is 8.12. The van der Waals surface area contributed by atoms with Crippen LogP contribution in [0.2, 0.25) is 0 Å². The first-order chi connectivity index (χ1) is 12.3. The van der Waals surface area contributed by atoms with E-state index < -0.39 is 5.28 Å². The second-order valence-electron chi connectivity index (χ2n) is 5.74. The highest BCUT2D eigenvalue weighted by Gasteiger charge is 2.34. The maximum Gasteiger partial charge on any atom is 0.187 e. The topological polar surface area (TPSA) is 38.3 Å². The summed E-state index contributed by atoms with van der Waals surface area (Å²) in [7, 11) is 1.65. The van der Waals surface area contributed by atoms with E-state index in [1.54, 1.807) is 7.11 Å². The van der Waals surface area contributed by atoms with Gasteiger partial charge in [-0.3, -0.25) is 9.88 Å². The van der Waals surface area contributed by atoms with Crippen molar-refractivity contribution in [3.8, 4) is 5.75 Å². The molecule has 0 fully saturated rings. The number of ether oxygens (including phenoxy) is 1. The lowest BCUT2D eigenvalue weighted by molar-refractivity contribution is 0.414. The lowest BCUT2D eigenvalue weighted by atomic mass is 9.97. The van der Waals surface area contributed by atoms with Gasteiger partial charge in [0.25, 0.3) is 0 Å². The molecule has 0 radical (unpaired) electrons. The summed E-state index contributed by atoms with van der Waals surface area (Å²) in [5.41, 5.74) is 3.03. The third-order valence-electron chi connectivity index (χ3n) is 4.23. The number of methoxy groups -OCH3 is 1. The second-order valence-corrected chi connectivity index (χ2v) is 6.59. The summed E-state index contributed by atoms with van der Waals surface area (Å²) < 4.78 is 17.6. The SMILES string of the molecule is COc1ccc(CNC(P=O)(c2ccccc2)c2ccccc2)cc1. The van der Waals surface area contributed by atoms with Gasteiger partial charge < -0.3 is 4.74 Å². The predicted octanol–water partition coefficient (Wildman–Crippen LogP) is 4.98. The Morgan fingerprint density at radius 2 is 1.36 bits per heavy atom. The Labute approximate surface area is 149 Å². The molecule has 3 aromatic carbocycles. The molecule has 1 N–H and O–H groups in total. The molecule has 0 aliphatic carbocycles. The maximum absolute atomic E-state index is 12.4. The van der Waals surface area contributed by atoms with Gasteiger partial charge in [-0.05, 0) is 28.8 Å². The van der Waals surface area contributed by atoms with Crippen LogP contribution in [0.15, 0.2) is 84.9 Å². The highest BCUT2D eigenvalue weighted by Crippen LogP contribution is 2.39. The molecule has 0 bridgehead atoms. The molecule has 3 nitrogen and oxygen atoms in total. The lowest BCUT2D eigenvalue weighted by Gasteiger charge is -2.29. The van der Waals surface area contributed by atoms with Gasteiger partial charge in [-0.1, -0.05) is 72.8 Å². The summed E-state index contributed by atoms with van der Waals surface area (Å²) in [5, 5.41) is 2.71. The summed E-state index contributed by atoms with van der Waals surface area (Å²) in [6.07, 6.45) is 0. The van der Waals surface area contributed by atoms with Crippen molar-refractivity contribution < 1.29 is 9.30 Å². The minimum Gasteiger partial charge on any atom is -0.497 e. The Morgan fingerprint density at radius 3 is 1.80 bits per heavy atom. The highest BCUT2D eigenvalue weighted by molar-refractivity contribution is 7.25. The van der Waals surface area contributed by atoms with Gasteiger partial charge in [0.1, 0.15) is 5.75 Å². The average molecular weight is 349 g/mol. The zero-order valence-electron chi connectivity index (χ0n) is 14.1. The van der Waals surface area contributed by atoms with E-state index in [2.05, 4.69) is 5.32 Å². The van der Waals surface area contributed by atoms with Crippen LogP contribution in [-0.2, 0) is 16.4 Å². The fraction of sp³-hybridized carbons (Fsp3) is 0.143. The Hall–Kier alpha value is -2.48. The van der Waals surface area contributed by atoms with Crippen molar-refractivity contribution in [2.24, 2.45) is 0 Å². The number of hydrogen-bond acceptors (Lipinski definition) is 3. The van der Waals surface area contributed by atoms with Crippen molar-refractivity contribution in [1.29, 1.82) is 0 Å². The normalized spacial score (nSPS) is 11.4. The number of nitrogens with one attached hydrogen (secondary N) is 1. The van der Waals surface area contributed by atoms with Gasteiger partial charge in [0.15, 0.2) is 13.7 Å². The van der Waals surface area contributed by atoms with Gasteiger partial charge in [0.2, 0.25) is 0 Å². The van der Waals surface area contributed by atoms with E-state index in [-0.39, 0.29) is 8.46 Å². The molecule has 0 unspecified atom stereocenters. The van der Waals surface area contributed by atoms with Crippen molar-refractivity contribution in [2.75, 3.05) is 7.11 Å². The van der Waals surface area contributed by atoms with Crippen LogP contribution in [-0.4, -0.2) is 7.11 Å². The summed E-state index contributed by atoms with van der Waals surface area (Å²) in [6.45, 7) is 0.586. The highest BCUT2D eigenvalue weighted by atomic mass is 31.1. The van der Waals surface area contributed by atoms with Crippen molar-refractivity contribution in [3.05, 3.63) is 102 Å². The molecular weight excluding hydrogens is 329 g/mol. The average Bonchev–Trinajstić information content (AvgIpc) is 2.71. The van der Waals surface area contributed by atoms with Crippen molar-refractivity contribution in [1.82, 2.24) is 5.32 Å². The molecule has 0 amide bonds. The number of benzene rings is 3. The van der Waals surface area contributed by atoms with Crippen LogP contribution in [0.4, 0.5) is 0 Å². The van der Waals surface area contributed by atoms with Crippen molar-refractivity contribution in [3.63, 3.8) is 0 Å². The fourth-order valence-corrected chi connectivity index (χ4v) is 3.49. The summed E-state index contributed by atoms with van der Waals surface area (Å²) in [4.78, 5) is 0. The molecule has 4 heteroatoms. The predicted molar refractivity (Wildman–Crippen MR) is 101 cm³/mol. The monoisotopic (exact) mass is 349 g/mol. The largest absolute Gasteiger partial charge is 0.497 e. The van der Waals surface area contributed by atoms with E-state index >= 15 is 0 Å². The van der Waals surface area contributed by atoms with Crippen LogP contribution in [0.5, 0.6) is 5.75 Å². The molecule has 0 aliphatic heterocycles.